The number of carbonyl (C=O) groups excluding carboxylic acids is 1. The van der Waals surface area contributed by atoms with Crippen LogP contribution >= 0.6 is 0 Å². The molecule has 0 spiro atoms. The number of methoxy groups -OCH3 is 1. The molecule has 3 aliphatic rings. The van der Waals surface area contributed by atoms with E-state index >= 15 is 0 Å². The second-order valence-corrected chi connectivity index (χ2v) is 13.4. The molecule has 1 saturated carbocycles. The molecule has 2 fully saturated rings. The monoisotopic (exact) mass is 324 g/mol. The Balaban J connectivity index is 1.99. The number of ether oxygens (including phenoxy) is 2. The van der Waals surface area contributed by atoms with Gasteiger partial charge in [0.2, 0.25) is 0 Å². The molecule has 0 aromatic rings. The van der Waals surface area contributed by atoms with Crippen LogP contribution in [0.4, 0.5) is 0 Å². The number of hydrogen-bond donors (Lipinski definition) is 0. The Labute approximate surface area is 134 Å². The largest absolute Gasteiger partial charge is 0.386 e. The summed E-state index contributed by atoms with van der Waals surface area (Å²) in [5, 5.41) is 0.0678. The highest BCUT2D eigenvalue weighted by atomic mass is 28.4. The van der Waals surface area contributed by atoms with E-state index in [1.807, 2.05) is 6.08 Å². The molecule has 1 saturated heterocycles. The van der Waals surface area contributed by atoms with Crippen LogP contribution in [0.15, 0.2) is 12.2 Å². The van der Waals surface area contributed by atoms with Crippen molar-refractivity contribution in [2.75, 3.05) is 7.11 Å². The highest BCUT2D eigenvalue weighted by Crippen LogP contribution is 2.61. The van der Waals surface area contributed by atoms with Crippen LogP contribution in [-0.2, 0) is 18.7 Å². The maximum atomic E-state index is 12.6. The molecule has 0 N–H and O–H groups in total. The Kier molecular flexibility index (Phi) is 3.37. The van der Waals surface area contributed by atoms with Crippen LogP contribution in [0.2, 0.25) is 18.1 Å². The predicted molar refractivity (Wildman–Crippen MR) is 87.0 cm³/mol. The lowest BCUT2D eigenvalue weighted by Crippen LogP contribution is -2.52. The first-order valence-corrected chi connectivity index (χ1v) is 11.0. The molecule has 0 radical (unpaired) electrons. The molecule has 1 aliphatic carbocycles. The zero-order valence-corrected chi connectivity index (χ0v) is 15.7. The van der Waals surface area contributed by atoms with Gasteiger partial charge in [-0.15, -0.1) is 0 Å². The highest BCUT2D eigenvalue weighted by Gasteiger charge is 2.71. The third-order valence-electron chi connectivity index (χ3n) is 6.15. The van der Waals surface area contributed by atoms with Crippen molar-refractivity contribution < 1.29 is 18.7 Å². The van der Waals surface area contributed by atoms with Crippen LogP contribution in [0.5, 0.6) is 0 Å². The van der Waals surface area contributed by atoms with Crippen molar-refractivity contribution in [2.24, 2.45) is 11.8 Å². The number of ketones is 1. The van der Waals surface area contributed by atoms with Crippen LogP contribution in [0.3, 0.4) is 0 Å². The van der Waals surface area contributed by atoms with Gasteiger partial charge in [-0.2, -0.15) is 0 Å². The van der Waals surface area contributed by atoms with Gasteiger partial charge in [0.15, 0.2) is 14.1 Å². The average Bonchev–Trinajstić information content (AvgIpc) is 2.94. The van der Waals surface area contributed by atoms with Crippen molar-refractivity contribution in [1.29, 1.82) is 0 Å². The second kappa shape index (κ2) is 4.53. The molecule has 22 heavy (non-hydrogen) atoms. The third-order valence-corrected chi connectivity index (χ3v) is 10.6. The van der Waals surface area contributed by atoms with Crippen LogP contribution in [-0.4, -0.2) is 38.7 Å². The number of Topliss-reactive ketones (excluding diaryl/α,β-unsaturated/α-hetero) is 1. The first-order chi connectivity index (χ1) is 9.96. The maximum Gasteiger partial charge on any atom is 0.196 e. The Morgan fingerprint density at radius 2 is 1.95 bits per heavy atom. The first-order valence-electron chi connectivity index (χ1n) is 8.12. The minimum absolute atomic E-state index is 0.0553. The molecule has 2 bridgehead atoms. The summed E-state index contributed by atoms with van der Waals surface area (Å²) in [7, 11) is -0.379. The van der Waals surface area contributed by atoms with Gasteiger partial charge in [-0.3, -0.25) is 4.79 Å². The van der Waals surface area contributed by atoms with Crippen molar-refractivity contribution in [2.45, 2.75) is 69.7 Å². The molecule has 0 aromatic heterocycles. The molecule has 2 heterocycles. The SMILES string of the molecule is CO[C@@H]1CC(=O)[C@@H]2[C@H]1[C@@]1(C)C=C[C@]2(O[Si](C)(C)C(C)(C)C)O1. The molecule has 5 atom stereocenters. The van der Waals surface area contributed by atoms with Gasteiger partial charge in [-0.25, -0.2) is 0 Å². The van der Waals surface area contributed by atoms with Crippen LogP contribution in [0.1, 0.15) is 34.1 Å². The van der Waals surface area contributed by atoms with Gasteiger partial charge < -0.3 is 13.9 Å². The minimum atomic E-state index is -2.06. The summed E-state index contributed by atoms with van der Waals surface area (Å²) >= 11 is 0. The molecular formula is C17H28O4Si. The van der Waals surface area contributed by atoms with Crippen LogP contribution in [0, 0.1) is 11.8 Å². The first kappa shape index (κ1) is 16.4. The van der Waals surface area contributed by atoms with E-state index in [1.54, 1.807) is 7.11 Å². The quantitative estimate of drug-likeness (QED) is 0.590. The average molecular weight is 324 g/mol. The fourth-order valence-corrected chi connectivity index (χ4v) is 5.32. The van der Waals surface area contributed by atoms with E-state index in [1.165, 1.54) is 0 Å². The summed E-state index contributed by atoms with van der Waals surface area (Å²) in [6.45, 7) is 13.1. The van der Waals surface area contributed by atoms with E-state index in [0.717, 1.165) is 0 Å². The van der Waals surface area contributed by atoms with E-state index in [9.17, 15) is 4.79 Å². The fraction of sp³-hybridized carbons (Fsp3) is 0.824. The van der Waals surface area contributed by atoms with Crippen molar-refractivity contribution in [3.8, 4) is 0 Å². The smallest absolute Gasteiger partial charge is 0.196 e. The lowest BCUT2D eigenvalue weighted by atomic mass is 9.76. The third kappa shape index (κ3) is 2.02. The summed E-state index contributed by atoms with van der Waals surface area (Å²) in [5.41, 5.74) is -0.458. The molecule has 124 valence electrons. The molecule has 2 aliphatic heterocycles. The molecule has 3 rings (SSSR count). The fourth-order valence-electron chi connectivity index (χ4n) is 3.98. The number of hydrogen-bond acceptors (Lipinski definition) is 4. The zero-order valence-electron chi connectivity index (χ0n) is 14.7. The van der Waals surface area contributed by atoms with Gasteiger partial charge in [0.05, 0.1) is 17.6 Å². The van der Waals surface area contributed by atoms with Crippen molar-refractivity contribution in [3.63, 3.8) is 0 Å². The van der Waals surface area contributed by atoms with E-state index in [2.05, 4.69) is 46.9 Å². The zero-order chi connectivity index (χ0) is 16.6. The van der Waals surface area contributed by atoms with E-state index < -0.39 is 19.7 Å². The molecule has 4 nitrogen and oxygen atoms in total. The molecule has 0 amide bonds. The highest BCUT2D eigenvalue weighted by molar-refractivity contribution is 6.74. The predicted octanol–water partition coefficient (Wildman–Crippen LogP) is 3.28. The van der Waals surface area contributed by atoms with E-state index in [-0.39, 0.29) is 28.8 Å². The standard InChI is InChI=1S/C17H28O4Si/c1-15(2,3)22(6,7)21-17-9-8-16(4,20-17)14-12(19-5)10-11(18)13(14)17/h8-9,12-14H,10H2,1-7H3/t12-,13-,14+,16-,17-/m1/s1. The van der Waals surface area contributed by atoms with Gasteiger partial charge >= 0.3 is 0 Å². The Hall–Kier alpha value is -0.493. The number of carbonyl (C=O) groups is 1. The Morgan fingerprint density at radius 1 is 1.32 bits per heavy atom. The number of fused-ring (bicyclic) bond motifs is 5. The maximum absolute atomic E-state index is 12.6. The lowest BCUT2D eigenvalue weighted by molar-refractivity contribution is -0.172. The lowest BCUT2D eigenvalue weighted by Gasteiger charge is -2.43. The van der Waals surface area contributed by atoms with Gasteiger partial charge in [-0.1, -0.05) is 26.8 Å². The topological polar surface area (TPSA) is 44.8 Å². The van der Waals surface area contributed by atoms with Gasteiger partial charge in [-0.05, 0) is 31.1 Å². The molecular weight excluding hydrogens is 296 g/mol. The van der Waals surface area contributed by atoms with Crippen LogP contribution < -0.4 is 0 Å². The summed E-state index contributed by atoms with van der Waals surface area (Å²) in [6, 6.07) is 0. The molecule has 0 aromatic carbocycles. The summed E-state index contributed by atoms with van der Waals surface area (Å²) < 4.78 is 18.6. The summed E-state index contributed by atoms with van der Waals surface area (Å²) in [5.74, 6) is -0.850. The van der Waals surface area contributed by atoms with E-state index in [4.69, 9.17) is 13.9 Å². The summed E-state index contributed by atoms with van der Waals surface area (Å²) in [4.78, 5) is 12.6. The van der Waals surface area contributed by atoms with Crippen molar-refractivity contribution in [1.82, 2.24) is 0 Å². The summed E-state index contributed by atoms with van der Waals surface area (Å²) in [6.07, 6.45) is 4.46. The Morgan fingerprint density at radius 3 is 2.50 bits per heavy atom. The van der Waals surface area contributed by atoms with Gasteiger partial charge in [0.25, 0.3) is 0 Å². The normalized spacial score (nSPS) is 44.0. The van der Waals surface area contributed by atoms with Crippen molar-refractivity contribution in [3.05, 3.63) is 12.2 Å². The Bertz CT molecular complexity index is 535. The molecule has 0 unspecified atom stereocenters. The van der Waals surface area contributed by atoms with Gasteiger partial charge in [0, 0.05) is 19.4 Å². The minimum Gasteiger partial charge on any atom is -0.386 e. The van der Waals surface area contributed by atoms with Crippen molar-refractivity contribution >= 4 is 14.1 Å². The molecule has 5 heteroatoms. The number of rotatable bonds is 3. The van der Waals surface area contributed by atoms with Crippen LogP contribution in [0.25, 0.3) is 0 Å². The van der Waals surface area contributed by atoms with E-state index in [0.29, 0.717) is 6.42 Å². The second-order valence-electron chi connectivity index (χ2n) is 8.65. The van der Waals surface area contributed by atoms with Gasteiger partial charge in [0.1, 0.15) is 5.78 Å².